The Hall–Kier alpha value is -1.10. The van der Waals surface area contributed by atoms with E-state index < -0.39 is 11.9 Å². The van der Waals surface area contributed by atoms with Gasteiger partial charge in [-0.25, -0.2) is 0 Å². The molecule has 1 heterocycles. The van der Waals surface area contributed by atoms with E-state index >= 15 is 0 Å². The highest BCUT2D eigenvalue weighted by Gasteiger charge is 2.22. The standard InChI is InChI=1S/C10H18N2O3/c1-8(10(14)15)6-12-5-3-4-11(2)9(13)7-12/h8H,3-7H2,1-2H3,(H,14,15). The number of hydrogen-bond acceptors (Lipinski definition) is 3. The van der Waals surface area contributed by atoms with Crippen LogP contribution in [0.4, 0.5) is 0 Å². The molecule has 15 heavy (non-hydrogen) atoms. The molecule has 0 aromatic heterocycles. The first-order valence-corrected chi connectivity index (χ1v) is 5.20. The Morgan fingerprint density at radius 3 is 2.80 bits per heavy atom. The number of rotatable bonds is 3. The number of nitrogens with zero attached hydrogens (tertiary/aromatic N) is 2. The van der Waals surface area contributed by atoms with E-state index in [1.165, 1.54) is 0 Å². The summed E-state index contributed by atoms with van der Waals surface area (Å²) < 4.78 is 0. The van der Waals surface area contributed by atoms with E-state index in [1.807, 2.05) is 4.90 Å². The van der Waals surface area contributed by atoms with Gasteiger partial charge in [0.1, 0.15) is 0 Å². The highest BCUT2D eigenvalue weighted by Crippen LogP contribution is 2.06. The molecule has 86 valence electrons. The molecule has 1 unspecified atom stereocenters. The maximum Gasteiger partial charge on any atom is 0.307 e. The molecule has 1 atom stereocenters. The van der Waals surface area contributed by atoms with Crippen molar-refractivity contribution in [1.82, 2.24) is 9.80 Å². The highest BCUT2D eigenvalue weighted by molar-refractivity contribution is 5.78. The summed E-state index contributed by atoms with van der Waals surface area (Å²) >= 11 is 0. The second kappa shape index (κ2) is 5.11. The number of amides is 1. The predicted molar refractivity (Wildman–Crippen MR) is 55.5 cm³/mol. The van der Waals surface area contributed by atoms with E-state index in [-0.39, 0.29) is 5.91 Å². The molecule has 0 aromatic carbocycles. The van der Waals surface area contributed by atoms with Crippen LogP contribution in [0.3, 0.4) is 0 Å². The minimum absolute atomic E-state index is 0.0742. The summed E-state index contributed by atoms with van der Waals surface area (Å²) in [4.78, 5) is 25.8. The van der Waals surface area contributed by atoms with Gasteiger partial charge in [0.15, 0.2) is 0 Å². The SMILES string of the molecule is CC(CN1CCCN(C)C(=O)C1)C(=O)O. The summed E-state index contributed by atoms with van der Waals surface area (Å²) in [6.45, 7) is 4.02. The third-order valence-corrected chi connectivity index (χ3v) is 2.71. The van der Waals surface area contributed by atoms with Gasteiger partial charge in [0.2, 0.25) is 5.91 Å². The molecule has 0 bridgehead atoms. The topological polar surface area (TPSA) is 60.9 Å². The van der Waals surface area contributed by atoms with Crippen LogP contribution in [0.25, 0.3) is 0 Å². The molecule has 1 amide bonds. The molecule has 5 heteroatoms. The number of likely N-dealkylation sites (N-methyl/N-ethyl adjacent to an activating group) is 1. The van der Waals surface area contributed by atoms with Crippen LogP contribution >= 0.6 is 0 Å². The normalized spacial score (nSPS) is 21.2. The number of carbonyl (C=O) groups is 2. The second-order valence-corrected chi connectivity index (χ2v) is 4.14. The predicted octanol–water partition coefficient (Wildman–Crippen LogP) is -0.129. The molecule has 1 aliphatic heterocycles. The van der Waals surface area contributed by atoms with Crippen molar-refractivity contribution in [2.45, 2.75) is 13.3 Å². The second-order valence-electron chi connectivity index (χ2n) is 4.14. The average Bonchev–Trinajstić information content (AvgIpc) is 2.29. The van der Waals surface area contributed by atoms with Crippen LogP contribution in [0.2, 0.25) is 0 Å². The molecule has 1 saturated heterocycles. The Kier molecular flexibility index (Phi) is 4.08. The van der Waals surface area contributed by atoms with Crippen molar-refractivity contribution in [2.24, 2.45) is 5.92 Å². The summed E-state index contributed by atoms with van der Waals surface area (Å²) in [7, 11) is 1.78. The van der Waals surface area contributed by atoms with E-state index in [0.29, 0.717) is 13.1 Å². The molecule has 0 aromatic rings. The van der Waals surface area contributed by atoms with Crippen molar-refractivity contribution in [3.63, 3.8) is 0 Å². The van der Waals surface area contributed by atoms with E-state index in [4.69, 9.17) is 5.11 Å². The Labute approximate surface area is 89.7 Å². The fourth-order valence-corrected chi connectivity index (χ4v) is 1.67. The maximum absolute atomic E-state index is 11.5. The third kappa shape index (κ3) is 3.51. The minimum Gasteiger partial charge on any atom is -0.481 e. The molecule has 1 aliphatic rings. The summed E-state index contributed by atoms with van der Waals surface area (Å²) in [6.07, 6.45) is 0.911. The van der Waals surface area contributed by atoms with Gasteiger partial charge in [-0.3, -0.25) is 14.5 Å². The minimum atomic E-state index is -0.806. The van der Waals surface area contributed by atoms with Gasteiger partial charge in [-0.1, -0.05) is 6.92 Å². The number of carboxylic acids is 1. The van der Waals surface area contributed by atoms with E-state index in [9.17, 15) is 9.59 Å². The number of aliphatic carboxylic acids is 1. The van der Waals surface area contributed by atoms with Gasteiger partial charge in [-0.2, -0.15) is 0 Å². The lowest BCUT2D eigenvalue weighted by molar-refractivity contribution is -0.142. The molecule has 1 rings (SSSR count). The van der Waals surface area contributed by atoms with E-state index in [2.05, 4.69) is 0 Å². The van der Waals surface area contributed by atoms with Crippen LogP contribution < -0.4 is 0 Å². The highest BCUT2D eigenvalue weighted by atomic mass is 16.4. The molecule has 0 spiro atoms. The quantitative estimate of drug-likeness (QED) is 0.711. The van der Waals surface area contributed by atoms with Crippen LogP contribution in [0, 0.1) is 5.92 Å². The smallest absolute Gasteiger partial charge is 0.307 e. The Balaban J connectivity index is 2.48. The van der Waals surface area contributed by atoms with Crippen molar-refractivity contribution in [3.8, 4) is 0 Å². The molecule has 1 fully saturated rings. The number of carbonyl (C=O) groups excluding carboxylic acids is 1. The zero-order chi connectivity index (χ0) is 11.4. The van der Waals surface area contributed by atoms with Gasteiger partial charge in [0, 0.05) is 26.7 Å². The molecule has 0 saturated carbocycles. The fraction of sp³-hybridized carbons (Fsp3) is 0.800. The molecule has 5 nitrogen and oxygen atoms in total. The van der Waals surface area contributed by atoms with Crippen molar-refractivity contribution in [3.05, 3.63) is 0 Å². The summed E-state index contributed by atoms with van der Waals surface area (Å²) in [5.74, 6) is -1.15. The molecular weight excluding hydrogens is 196 g/mol. The summed E-state index contributed by atoms with van der Waals surface area (Å²) in [5.41, 5.74) is 0. The lowest BCUT2D eigenvalue weighted by atomic mass is 10.1. The lowest BCUT2D eigenvalue weighted by Crippen LogP contribution is -2.37. The molecule has 0 radical (unpaired) electrons. The Bertz CT molecular complexity index is 255. The molecule has 0 aliphatic carbocycles. The van der Waals surface area contributed by atoms with Crippen molar-refractivity contribution < 1.29 is 14.7 Å². The fourth-order valence-electron chi connectivity index (χ4n) is 1.67. The first-order valence-electron chi connectivity index (χ1n) is 5.20. The van der Waals surface area contributed by atoms with Crippen LogP contribution in [-0.2, 0) is 9.59 Å². The van der Waals surface area contributed by atoms with Gasteiger partial charge in [0.25, 0.3) is 0 Å². The van der Waals surface area contributed by atoms with Crippen molar-refractivity contribution in [1.29, 1.82) is 0 Å². The van der Waals surface area contributed by atoms with E-state index in [0.717, 1.165) is 19.5 Å². The average molecular weight is 214 g/mol. The molecular formula is C10H18N2O3. The number of carboxylic acid groups (broad SMARTS) is 1. The summed E-state index contributed by atoms with van der Waals surface area (Å²) in [5, 5.41) is 8.78. The molecule has 1 N–H and O–H groups in total. The third-order valence-electron chi connectivity index (χ3n) is 2.71. The van der Waals surface area contributed by atoms with Crippen molar-refractivity contribution >= 4 is 11.9 Å². The largest absolute Gasteiger partial charge is 0.481 e. The zero-order valence-corrected chi connectivity index (χ0v) is 9.27. The van der Waals surface area contributed by atoms with Gasteiger partial charge < -0.3 is 10.0 Å². The monoisotopic (exact) mass is 214 g/mol. The van der Waals surface area contributed by atoms with Crippen LogP contribution in [0.15, 0.2) is 0 Å². The maximum atomic E-state index is 11.5. The van der Waals surface area contributed by atoms with Gasteiger partial charge in [-0.15, -0.1) is 0 Å². The Morgan fingerprint density at radius 1 is 1.53 bits per heavy atom. The summed E-state index contributed by atoms with van der Waals surface area (Å²) in [6, 6.07) is 0. The van der Waals surface area contributed by atoms with Gasteiger partial charge in [-0.05, 0) is 6.42 Å². The first-order chi connectivity index (χ1) is 7.00. The van der Waals surface area contributed by atoms with Crippen LogP contribution in [0.1, 0.15) is 13.3 Å². The number of hydrogen-bond donors (Lipinski definition) is 1. The first kappa shape index (κ1) is 12.0. The zero-order valence-electron chi connectivity index (χ0n) is 9.27. The lowest BCUT2D eigenvalue weighted by Gasteiger charge is -2.21. The van der Waals surface area contributed by atoms with Crippen LogP contribution in [-0.4, -0.2) is 60.0 Å². The Morgan fingerprint density at radius 2 is 2.20 bits per heavy atom. The van der Waals surface area contributed by atoms with Crippen molar-refractivity contribution in [2.75, 3.05) is 33.2 Å². The van der Waals surface area contributed by atoms with Crippen LogP contribution in [0.5, 0.6) is 0 Å². The van der Waals surface area contributed by atoms with E-state index in [1.54, 1.807) is 18.9 Å². The van der Waals surface area contributed by atoms with Gasteiger partial charge >= 0.3 is 5.97 Å². The van der Waals surface area contributed by atoms with Gasteiger partial charge in [0.05, 0.1) is 12.5 Å².